The molecule has 3 N–H and O–H groups in total. The van der Waals surface area contributed by atoms with Gasteiger partial charge >= 0.3 is 11.7 Å². The molecule has 2 heterocycles. The molecule has 1 atom stereocenters. The zero-order chi connectivity index (χ0) is 19.7. The minimum Gasteiger partial charge on any atom is -0.376 e. The molecule has 1 saturated heterocycles. The summed E-state index contributed by atoms with van der Waals surface area (Å²) in [6.45, 7) is 2.09. The van der Waals surface area contributed by atoms with Crippen molar-refractivity contribution in [2.45, 2.75) is 12.5 Å². The number of imidazole rings is 1. The number of amides is 2. The van der Waals surface area contributed by atoms with Gasteiger partial charge < -0.3 is 25.6 Å². The Morgan fingerprint density at radius 2 is 1.86 bits per heavy atom. The SMILES string of the molecule is CN(C)c1cc2c(cc1NC(=O)N1CCOC(CCN)C1)n(C)c(=O)n2C.Cl.Cl. The molecule has 164 valence electrons. The molecule has 1 fully saturated rings. The number of fused-ring (bicyclic) bond motifs is 1. The molecule has 0 bridgehead atoms. The van der Waals surface area contributed by atoms with E-state index in [4.69, 9.17) is 10.5 Å². The average Bonchev–Trinajstić information content (AvgIpc) is 2.85. The number of nitrogens with two attached hydrogens (primary N) is 1. The molecule has 2 aromatic rings. The lowest BCUT2D eigenvalue weighted by atomic mass is 10.2. The van der Waals surface area contributed by atoms with E-state index in [0.29, 0.717) is 31.9 Å². The summed E-state index contributed by atoms with van der Waals surface area (Å²) < 4.78 is 8.83. The van der Waals surface area contributed by atoms with Crippen LogP contribution in [-0.4, -0.2) is 66.5 Å². The highest BCUT2D eigenvalue weighted by atomic mass is 35.5. The first-order valence-electron chi connectivity index (χ1n) is 9.08. The number of nitrogens with one attached hydrogen (secondary N) is 1. The molecule has 3 rings (SSSR count). The van der Waals surface area contributed by atoms with Gasteiger partial charge in [0.1, 0.15) is 0 Å². The van der Waals surface area contributed by atoms with Gasteiger partial charge in [0.2, 0.25) is 0 Å². The number of morpholine rings is 1. The van der Waals surface area contributed by atoms with Crippen LogP contribution in [-0.2, 0) is 18.8 Å². The Labute approximate surface area is 182 Å². The van der Waals surface area contributed by atoms with E-state index in [9.17, 15) is 9.59 Å². The lowest BCUT2D eigenvalue weighted by molar-refractivity contribution is -0.0146. The van der Waals surface area contributed by atoms with Crippen molar-refractivity contribution in [3.05, 3.63) is 22.6 Å². The Morgan fingerprint density at radius 1 is 1.24 bits per heavy atom. The molecule has 1 aliphatic rings. The van der Waals surface area contributed by atoms with Gasteiger partial charge in [-0.1, -0.05) is 0 Å². The fourth-order valence-electron chi connectivity index (χ4n) is 3.46. The van der Waals surface area contributed by atoms with Crippen LogP contribution < -0.4 is 21.6 Å². The predicted molar refractivity (Wildman–Crippen MR) is 121 cm³/mol. The summed E-state index contributed by atoms with van der Waals surface area (Å²) >= 11 is 0. The maximum absolute atomic E-state index is 12.8. The van der Waals surface area contributed by atoms with Crippen molar-refractivity contribution in [2.75, 3.05) is 50.6 Å². The number of ether oxygens (including phenoxy) is 1. The first-order chi connectivity index (χ1) is 12.8. The van der Waals surface area contributed by atoms with Crippen LogP contribution in [0.4, 0.5) is 16.2 Å². The minimum atomic E-state index is -0.177. The van der Waals surface area contributed by atoms with Crippen LogP contribution in [0.1, 0.15) is 6.42 Å². The van der Waals surface area contributed by atoms with E-state index in [1.807, 2.05) is 31.1 Å². The number of carbonyl (C=O) groups excluding carboxylic acids is 1. The standard InChI is InChI=1S/C18H28N6O3.2ClH/c1-21(2)14-10-16-15(22(3)18(26)23(16)4)9-13(14)20-17(25)24-7-8-27-12(11-24)5-6-19;;/h9-10,12H,5-8,11,19H2,1-4H3,(H,20,25);2*1H. The van der Waals surface area contributed by atoms with E-state index in [-0.39, 0.29) is 42.6 Å². The van der Waals surface area contributed by atoms with Crippen LogP contribution in [0, 0.1) is 0 Å². The highest BCUT2D eigenvalue weighted by Gasteiger charge is 2.25. The first kappa shape index (κ1) is 25.1. The first-order valence-corrected chi connectivity index (χ1v) is 9.08. The summed E-state index contributed by atoms with van der Waals surface area (Å²) in [5.74, 6) is 0. The molecule has 1 unspecified atom stereocenters. The monoisotopic (exact) mass is 448 g/mol. The summed E-state index contributed by atoms with van der Waals surface area (Å²) in [5.41, 5.74) is 8.60. The zero-order valence-corrected chi connectivity index (χ0v) is 18.8. The molecule has 9 nitrogen and oxygen atoms in total. The van der Waals surface area contributed by atoms with Crippen molar-refractivity contribution >= 4 is 53.3 Å². The van der Waals surface area contributed by atoms with Crippen molar-refractivity contribution in [3.8, 4) is 0 Å². The van der Waals surface area contributed by atoms with Gasteiger partial charge in [-0.2, -0.15) is 0 Å². The Bertz CT molecular complexity index is 909. The third-order valence-electron chi connectivity index (χ3n) is 5.03. The number of urea groups is 1. The number of aryl methyl sites for hydroxylation is 2. The molecule has 0 aliphatic carbocycles. The number of anilines is 2. The van der Waals surface area contributed by atoms with Gasteiger partial charge in [-0.05, 0) is 25.1 Å². The quantitative estimate of drug-likeness (QED) is 0.735. The van der Waals surface area contributed by atoms with Crippen molar-refractivity contribution < 1.29 is 9.53 Å². The lowest BCUT2D eigenvalue weighted by Crippen LogP contribution is -2.47. The third-order valence-corrected chi connectivity index (χ3v) is 5.03. The van der Waals surface area contributed by atoms with E-state index in [1.165, 1.54) is 0 Å². The molecule has 1 aliphatic heterocycles. The average molecular weight is 449 g/mol. The minimum absolute atomic E-state index is 0. The Balaban J connectivity index is 0.00000210. The normalized spacial score (nSPS) is 16.2. The second-order valence-corrected chi connectivity index (χ2v) is 7.10. The highest BCUT2D eigenvalue weighted by molar-refractivity contribution is 5.97. The smallest absolute Gasteiger partial charge is 0.328 e. The van der Waals surface area contributed by atoms with Gasteiger partial charge in [0.25, 0.3) is 0 Å². The van der Waals surface area contributed by atoms with Crippen LogP contribution in [0.25, 0.3) is 11.0 Å². The molecule has 1 aromatic carbocycles. The van der Waals surface area contributed by atoms with E-state index in [2.05, 4.69) is 5.32 Å². The van der Waals surface area contributed by atoms with Crippen LogP contribution in [0.3, 0.4) is 0 Å². The number of benzene rings is 1. The summed E-state index contributed by atoms with van der Waals surface area (Å²) in [6.07, 6.45) is 0.699. The number of carbonyl (C=O) groups is 1. The highest BCUT2D eigenvalue weighted by Crippen LogP contribution is 2.30. The van der Waals surface area contributed by atoms with Gasteiger partial charge in [-0.25, -0.2) is 9.59 Å². The fourth-order valence-corrected chi connectivity index (χ4v) is 3.46. The van der Waals surface area contributed by atoms with E-state index in [0.717, 1.165) is 23.1 Å². The summed E-state index contributed by atoms with van der Waals surface area (Å²) in [7, 11) is 7.28. The third kappa shape index (κ3) is 4.98. The second-order valence-electron chi connectivity index (χ2n) is 7.10. The Kier molecular flexibility index (Phi) is 8.83. The molecule has 29 heavy (non-hydrogen) atoms. The number of hydrogen-bond acceptors (Lipinski definition) is 5. The second kappa shape index (κ2) is 10.2. The number of halogens is 2. The lowest BCUT2D eigenvalue weighted by Gasteiger charge is -2.33. The molecule has 1 aromatic heterocycles. The van der Waals surface area contributed by atoms with Gasteiger partial charge in [0, 0.05) is 41.3 Å². The molecular weight excluding hydrogens is 419 g/mol. The zero-order valence-electron chi connectivity index (χ0n) is 17.2. The summed E-state index contributed by atoms with van der Waals surface area (Å²) in [5, 5.41) is 3.01. The predicted octanol–water partition coefficient (Wildman–Crippen LogP) is 1.37. The molecular formula is C18H30Cl2N6O3. The number of rotatable bonds is 4. The fraction of sp³-hybridized carbons (Fsp3) is 0.556. The molecule has 2 amide bonds. The van der Waals surface area contributed by atoms with Gasteiger partial charge in [-0.15, -0.1) is 24.8 Å². The van der Waals surface area contributed by atoms with Gasteiger partial charge in [0.05, 0.1) is 35.1 Å². The van der Waals surface area contributed by atoms with Crippen LogP contribution in [0.2, 0.25) is 0 Å². The molecule has 11 heteroatoms. The number of hydrogen-bond donors (Lipinski definition) is 2. The topological polar surface area (TPSA) is 97.8 Å². The van der Waals surface area contributed by atoms with Gasteiger partial charge in [0.15, 0.2) is 0 Å². The molecule has 0 saturated carbocycles. The largest absolute Gasteiger partial charge is 0.376 e. The van der Waals surface area contributed by atoms with Crippen LogP contribution >= 0.6 is 24.8 Å². The number of aromatic nitrogens is 2. The Hall–Kier alpha value is -1.94. The van der Waals surface area contributed by atoms with Crippen molar-refractivity contribution in [2.24, 2.45) is 19.8 Å². The Morgan fingerprint density at radius 3 is 2.45 bits per heavy atom. The van der Waals surface area contributed by atoms with Crippen molar-refractivity contribution in [1.29, 1.82) is 0 Å². The van der Waals surface area contributed by atoms with Gasteiger partial charge in [-0.3, -0.25) is 9.13 Å². The van der Waals surface area contributed by atoms with E-state index < -0.39 is 0 Å². The van der Waals surface area contributed by atoms with Crippen molar-refractivity contribution in [1.82, 2.24) is 14.0 Å². The number of nitrogens with zero attached hydrogens (tertiary/aromatic N) is 4. The van der Waals surface area contributed by atoms with E-state index in [1.54, 1.807) is 28.1 Å². The summed E-state index contributed by atoms with van der Waals surface area (Å²) in [6, 6.07) is 3.59. The summed E-state index contributed by atoms with van der Waals surface area (Å²) in [4.78, 5) is 28.7. The van der Waals surface area contributed by atoms with Crippen molar-refractivity contribution in [3.63, 3.8) is 0 Å². The van der Waals surface area contributed by atoms with Crippen LogP contribution in [0.15, 0.2) is 16.9 Å². The van der Waals surface area contributed by atoms with E-state index >= 15 is 0 Å². The van der Waals surface area contributed by atoms with Crippen LogP contribution in [0.5, 0.6) is 0 Å². The molecule has 0 radical (unpaired) electrons. The molecule has 0 spiro atoms. The maximum atomic E-state index is 12.8. The maximum Gasteiger partial charge on any atom is 0.328 e.